The van der Waals surface area contributed by atoms with Gasteiger partial charge in [0.2, 0.25) is 0 Å². The topological polar surface area (TPSA) is 78.1 Å². The summed E-state index contributed by atoms with van der Waals surface area (Å²) in [6.07, 6.45) is 0. The van der Waals surface area contributed by atoms with Crippen LogP contribution in [0.1, 0.15) is 16.7 Å². The van der Waals surface area contributed by atoms with Crippen molar-refractivity contribution in [1.29, 1.82) is 0 Å². The molecular weight excluding hydrogens is 445 g/mol. The molecule has 0 aliphatic carbocycles. The Hall–Kier alpha value is -2.16. The highest BCUT2D eigenvalue weighted by atomic mass is 127. The molecule has 7 heteroatoms. The lowest BCUT2D eigenvalue weighted by atomic mass is 10.1. The van der Waals surface area contributed by atoms with Crippen LogP contribution in [0.3, 0.4) is 0 Å². The fourth-order valence-corrected chi connectivity index (χ4v) is 2.40. The van der Waals surface area contributed by atoms with Crippen molar-refractivity contribution in [2.45, 2.75) is 20.4 Å². The monoisotopic (exact) mass is 471 g/mol. The van der Waals surface area contributed by atoms with Gasteiger partial charge in [-0.25, -0.2) is 4.99 Å². The molecule has 2 rings (SSSR count). The van der Waals surface area contributed by atoms with E-state index >= 15 is 0 Å². The number of nitrogens with two attached hydrogens (primary N) is 1. The number of benzene rings is 2. The Balaban J connectivity index is 0.00000338. The lowest BCUT2D eigenvalue weighted by molar-refractivity contribution is 0.369. The van der Waals surface area contributed by atoms with Crippen molar-refractivity contribution in [2.24, 2.45) is 10.7 Å². The van der Waals surface area contributed by atoms with Gasteiger partial charge < -0.3 is 25.3 Å². The van der Waals surface area contributed by atoms with Gasteiger partial charge in [0, 0.05) is 17.8 Å². The molecule has 2 aromatic carbocycles. The van der Waals surface area contributed by atoms with Gasteiger partial charge in [0.1, 0.15) is 17.2 Å². The second-order valence-electron chi connectivity index (χ2n) is 5.64. The standard InChI is InChI=1S/C19H25N3O3.HI/c1-12-6-7-14(8-13(12)2)22-19(20)21-11-16-17(24-4)9-15(23-3)10-18(16)25-5;/h6-10H,11H2,1-5H3,(H3,20,21,22);1H. The molecule has 0 spiro atoms. The van der Waals surface area contributed by atoms with Gasteiger partial charge in [-0.3, -0.25) is 0 Å². The van der Waals surface area contributed by atoms with Crippen LogP contribution in [0.2, 0.25) is 0 Å². The van der Waals surface area contributed by atoms with Crippen molar-refractivity contribution >= 4 is 35.6 Å². The Bertz CT molecular complexity index is 754. The maximum Gasteiger partial charge on any atom is 0.193 e. The van der Waals surface area contributed by atoms with Crippen molar-refractivity contribution in [3.8, 4) is 17.2 Å². The zero-order valence-electron chi connectivity index (χ0n) is 15.8. The Labute approximate surface area is 171 Å². The molecular formula is C19H26IN3O3. The van der Waals surface area contributed by atoms with E-state index in [0.717, 1.165) is 11.3 Å². The van der Waals surface area contributed by atoms with Crippen LogP contribution in [0, 0.1) is 13.8 Å². The molecule has 0 saturated heterocycles. The van der Waals surface area contributed by atoms with Gasteiger partial charge in [0.15, 0.2) is 5.96 Å². The van der Waals surface area contributed by atoms with Crippen molar-refractivity contribution < 1.29 is 14.2 Å². The van der Waals surface area contributed by atoms with Crippen LogP contribution < -0.4 is 25.3 Å². The molecule has 0 fully saturated rings. The van der Waals surface area contributed by atoms with Crippen LogP contribution in [0.5, 0.6) is 17.2 Å². The molecule has 2 aromatic rings. The van der Waals surface area contributed by atoms with Crippen molar-refractivity contribution in [2.75, 3.05) is 26.6 Å². The number of guanidine groups is 1. The number of hydrogen-bond donors (Lipinski definition) is 2. The van der Waals surface area contributed by atoms with Crippen molar-refractivity contribution in [3.63, 3.8) is 0 Å². The van der Waals surface area contributed by atoms with Gasteiger partial charge in [0.05, 0.1) is 33.4 Å². The first kappa shape index (κ1) is 21.9. The lowest BCUT2D eigenvalue weighted by Crippen LogP contribution is -2.22. The molecule has 0 saturated carbocycles. The summed E-state index contributed by atoms with van der Waals surface area (Å²) in [7, 11) is 4.79. The summed E-state index contributed by atoms with van der Waals surface area (Å²) in [5.41, 5.74) is 10.1. The van der Waals surface area contributed by atoms with E-state index in [1.54, 1.807) is 33.5 Å². The van der Waals surface area contributed by atoms with E-state index < -0.39 is 0 Å². The summed E-state index contributed by atoms with van der Waals surface area (Å²) >= 11 is 0. The van der Waals surface area contributed by atoms with E-state index in [2.05, 4.69) is 24.2 Å². The van der Waals surface area contributed by atoms with Gasteiger partial charge in [-0.2, -0.15) is 0 Å². The number of methoxy groups -OCH3 is 3. The van der Waals surface area contributed by atoms with Crippen LogP contribution in [0.15, 0.2) is 35.3 Å². The average Bonchev–Trinajstić information content (AvgIpc) is 2.62. The van der Waals surface area contributed by atoms with Gasteiger partial charge in [-0.1, -0.05) is 6.07 Å². The summed E-state index contributed by atoms with van der Waals surface area (Å²) in [5.74, 6) is 2.25. The van der Waals surface area contributed by atoms with Gasteiger partial charge in [-0.05, 0) is 37.1 Å². The zero-order chi connectivity index (χ0) is 18.4. The Morgan fingerprint density at radius 3 is 2.08 bits per heavy atom. The lowest BCUT2D eigenvalue weighted by Gasteiger charge is -2.14. The molecule has 0 aromatic heterocycles. The number of halogens is 1. The average molecular weight is 471 g/mol. The van der Waals surface area contributed by atoms with E-state index in [4.69, 9.17) is 19.9 Å². The molecule has 142 valence electrons. The van der Waals surface area contributed by atoms with E-state index in [1.165, 1.54) is 11.1 Å². The third-order valence-electron chi connectivity index (χ3n) is 4.00. The van der Waals surface area contributed by atoms with Gasteiger partial charge in [-0.15, -0.1) is 24.0 Å². The molecule has 26 heavy (non-hydrogen) atoms. The van der Waals surface area contributed by atoms with E-state index in [-0.39, 0.29) is 24.0 Å². The molecule has 0 unspecified atom stereocenters. The van der Waals surface area contributed by atoms with Crippen LogP contribution in [-0.2, 0) is 6.54 Å². The first-order chi connectivity index (χ1) is 12.0. The normalized spacial score (nSPS) is 10.7. The number of hydrogen-bond acceptors (Lipinski definition) is 4. The minimum absolute atomic E-state index is 0. The molecule has 0 aliphatic rings. The molecule has 0 radical (unpaired) electrons. The number of nitrogens with zero attached hydrogens (tertiary/aromatic N) is 1. The number of nitrogens with one attached hydrogen (secondary N) is 1. The first-order valence-electron chi connectivity index (χ1n) is 7.91. The molecule has 0 amide bonds. The minimum atomic E-state index is 0. The molecule has 0 atom stereocenters. The third kappa shape index (κ3) is 5.42. The third-order valence-corrected chi connectivity index (χ3v) is 4.00. The Morgan fingerprint density at radius 1 is 0.962 bits per heavy atom. The second-order valence-corrected chi connectivity index (χ2v) is 5.64. The quantitative estimate of drug-likeness (QED) is 0.380. The Morgan fingerprint density at radius 2 is 1.58 bits per heavy atom. The fourth-order valence-electron chi connectivity index (χ4n) is 2.40. The van der Waals surface area contributed by atoms with Crippen LogP contribution in [-0.4, -0.2) is 27.3 Å². The van der Waals surface area contributed by atoms with E-state index in [9.17, 15) is 0 Å². The smallest absolute Gasteiger partial charge is 0.193 e. The predicted octanol–water partition coefficient (Wildman–Crippen LogP) is 3.87. The number of ether oxygens (including phenoxy) is 3. The van der Waals surface area contributed by atoms with Crippen molar-refractivity contribution in [1.82, 2.24) is 0 Å². The second kappa shape index (κ2) is 10.1. The highest BCUT2D eigenvalue weighted by Gasteiger charge is 2.13. The number of anilines is 1. The summed E-state index contributed by atoms with van der Waals surface area (Å²) in [5, 5.41) is 3.10. The highest BCUT2D eigenvalue weighted by Crippen LogP contribution is 2.34. The molecule has 3 N–H and O–H groups in total. The summed E-state index contributed by atoms with van der Waals surface area (Å²) in [6, 6.07) is 9.63. The maximum atomic E-state index is 6.01. The van der Waals surface area contributed by atoms with Gasteiger partial charge >= 0.3 is 0 Å². The highest BCUT2D eigenvalue weighted by molar-refractivity contribution is 14.0. The summed E-state index contributed by atoms with van der Waals surface area (Å²) in [4.78, 5) is 4.40. The SMILES string of the molecule is COc1cc(OC)c(CN=C(N)Nc2ccc(C)c(C)c2)c(OC)c1.I. The maximum absolute atomic E-state index is 6.01. The predicted molar refractivity (Wildman–Crippen MR) is 116 cm³/mol. The fraction of sp³-hybridized carbons (Fsp3) is 0.316. The van der Waals surface area contributed by atoms with Crippen molar-refractivity contribution in [3.05, 3.63) is 47.0 Å². The zero-order valence-corrected chi connectivity index (χ0v) is 18.1. The molecule has 0 heterocycles. The minimum Gasteiger partial charge on any atom is -0.496 e. The molecule has 6 nitrogen and oxygen atoms in total. The number of rotatable bonds is 6. The summed E-state index contributed by atoms with van der Waals surface area (Å²) < 4.78 is 16.1. The van der Waals surface area contributed by atoms with E-state index in [1.807, 2.05) is 18.2 Å². The summed E-state index contributed by atoms with van der Waals surface area (Å²) in [6.45, 7) is 4.44. The first-order valence-corrected chi connectivity index (χ1v) is 7.91. The molecule has 0 aliphatic heterocycles. The largest absolute Gasteiger partial charge is 0.496 e. The van der Waals surface area contributed by atoms with Crippen LogP contribution >= 0.6 is 24.0 Å². The number of aryl methyl sites for hydroxylation is 2. The number of aliphatic imine (C=N–C) groups is 1. The van der Waals surface area contributed by atoms with Gasteiger partial charge in [0.25, 0.3) is 0 Å². The van der Waals surface area contributed by atoms with E-state index in [0.29, 0.717) is 29.8 Å². The van der Waals surface area contributed by atoms with Crippen LogP contribution in [0.4, 0.5) is 5.69 Å². The molecule has 0 bridgehead atoms. The van der Waals surface area contributed by atoms with Crippen LogP contribution in [0.25, 0.3) is 0 Å². The Kier molecular flexibility index (Phi) is 8.50.